The molecule has 3 heterocycles. The van der Waals surface area contributed by atoms with E-state index in [1.165, 1.54) is 0 Å². The van der Waals surface area contributed by atoms with Gasteiger partial charge in [0.25, 0.3) is 0 Å². The Hall–Kier alpha value is -1.81. The van der Waals surface area contributed by atoms with Crippen molar-refractivity contribution < 1.29 is 4.74 Å². The molecule has 22 heavy (non-hydrogen) atoms. The second kappa shape index (κ2) is 5.43. The Bertz CT molecular complexity index is 669. The summed E-state index contributed by atoms with van der Waals surface area (Å²) >= 11 is 6.27. The molecule has 0 bridgehead atoms. The molecule has 0 atom stereocenters. The van der Waals surface area contributed by atoms with Gasteiger partial charge >= 0.3 is 0 Å². The van der Waals surface area contributed by atoms with Crippen molar-refractivity contribution in [2.75, 3.05) is 18.0 Å². The number of ether oxygens (including phenoxy) is 1. The average molecular weight is 316 g/mol. The van der Waals surface area contributed by atoms with E-state index in [0.717, 1.165) is 60.9 Å². The molecular formula is C17H18ClN3O. The predicted molar refractivity (Wildman–Crippen MR) is 86.6 cm³/mol. The maximum absolute atomic E-state index is 6.38. The van der Waals surface area contributed by atoms with Gasteiger partial charge < -0.3 is 9.64 Å². The fourth-order valence-electron chi connectivity index (χ4n) is 3.46. The maximum atomic E-state index is 6.38. The van der Waals surface area contributed by atoms with Crippen molar-refractivity contribution in [3.8, 4) is 5.75 Å². The Morgan fingerprint density at radius 1 is 1.14 bits per heavy atom. The van der Waals surface area contributed by atoms with Crippen LogP contribution < -0.4 is 9.64 Å². The van der Waals surface area contributed by atoms with Gasteiger partial charge in [-0.2, -0.15) is 0 Å². The molecule has 0 unspecified atom stereocenters. The second-order valence-electron chi connectivity index (χ2n) is 6.05. The number of benzene rings is 1. The van der Waals surface area contributed by atoms with Crippen LogP contribution in [-0.4, -0.2) is 28.7 Å². The first-order valence-corrected chi connectivity index (χ1v) is 8.11. The van der Waals surface area contributed by atoms with E-state index in [-0.39, 0.29) is 5.60 Å². The Morgan fingerprint density at radius 2 is 2.00 bits per heavy atom. The lowest BCUT2D eigenvalue weighted by Gasteiger charge is -2.45. The van der Waals surface area contributed by atoms with Crippen LogP contribution in [0, 0.1) is 0 Å². The molecule has 2 aliphatic heterocycles. The third-order valence-electron chi connectivity index (χ3n) is 4.78. The minimum absolute atomic E-state index is 0.0452. The Labute approximate surface area is 135 Å². The Balaban J connectivity index is 1.50. The van der Waals surface area contributed by atoms with E-state index in [4.69, 9.17) is 16.3 Å². The predicted octanol–water partition coefficient (Wildman–Crippen LogP) is 3.49. The van der Waals surface area contributed by atoms with Crippen LogP contribution in [0.15, 0.2) is 36.8 Å². The summed E-state index contributed by atoms with van der Waals surface area (Å²) in [4.78, 5) is 10.8. The number of hydrogen-bond acceptors (Lipinski definition) is 4. The van der Waals surface area contributed by atoms with Crippen LogP contribution in [0.4, 0.5) is 5.82 Å². The Kier molecular flexibility index (Phi) is 3.41. The quantitative estimate of drug-likeness (QED) is 0.807. The van der Waals surface area contributed by atoms with Crippen molar-refractivity contribution >= 4 is 17.4 Å². The summed E-state index contributed by atoms with van der Waals surface area (Å²) in [6.07, 6.45) is 9.34. The van der Waals surface area contributed by atoms with Crippen molar-refractivity contribution in [3.05, 3.63) is 47.4 Å². The highest BCUT2D eigenvalue weighted by molar-refractivity contribution is 6.31. The van der Waals surface area contributed by atoms with Crippen molar-refractivity contribution in [2.24, 2.45) is 0 Å². The molecule has 0 aliphatic carbocycles. The first kappa shape index (κ1) is 13.8. The van der Waals surface area contributed by atoms with Crippen LogP contribution in [-0.2, 0) is 6.42 Å². The zero-order valence-electron chi connectivity index (χ0n) is 12.3. The number of fused-ring (bicyclic) bond motifs is 1. The highest BCUT2D eigenvalue weighted by Gasteiger charge is 2.40. The molecule has 1 aromatic heterocycles. The molecule has 1 aromatic carbocycles. The topological polar surface area (TPSA) is 38.2 Å². The Morgan fingerprint density at radius 3 is 2.77 bits per heavy atom. The molecule has 5 heteroatoms. The van der Waals surface area contributed by atoms with E-state index in [9.17, 15) is 0 Å². The van der Waals surface area contributed by atoms with E-state index < -0.39 is 0 Å². The molecule has 1 saturated heterocycles. The molecule has 114 valence electrons. The van der Waals surface area contributed by atoms with Gasteiger partial charge in [-0.05, 0) is 25.0 Å². The van der Waals surface area contributed by atoms with Crippen LogP contribution in [0.1, 0.15) is 24.8 Å². The van der Waals surface area contributed by atoms with Crippen LogP contribution in [0.5, 0.6) is 5.75 Å². The summed E-state index contributed by atoms with van der Waals surface area (Å²) in [5, 5.41) is 0.823. The summed E-state index contributed by atoms with van der Waals surface area (Å²) in [5.74, 6) is 1.92. The summed E-state index contributed by atoms with van der Waals surface area (Å²) in [5.41, 5.74) is 1.11. The van der Waals surface area contributed by atoms with Crippen LogP contribution in [0.25, 0.3) is 0 Å². The van der Waals surface area contributed by atoms with Gasteiger partial charge in [0.1, 0.15) is 17.2 Å². The number of rotatable bonds is 1. The number of halogens is 1. The van der Waals surface area contributed by atoms with Gasteiger partial charge in [-0.3, -0.25) is 4.98 Å². The van der Waals surface area contributed by atoms with E-state index in [0.29, 0.717) is 0 Å². The van der Waals surface area contributed by atoms with Gasteiger partial charge in [0.2, 0.25) is 0 Å². The molecule has 0 amide bonds. The summed E-state index contributed by atoms with van der Waals surface area (Å²) < 4.78 is 6.38. The fraction of sp³-hybridized carbons (Fsp3) is 0.412. The highest BCUT2D eigenvalue weighted by atomic mass is 35.5. The molecule has 1 spiro atoms. The molecule has 2 aromatic rings. The van der Waals surface area contributed by atoms with Gasteiger partial charge in [-0.1, -0.05) is 17.7 Å². The van der Waals surface area contributed by atoms with Crippen LogP contribution in [0.3, 0.4) is 0 Å². The molecule has 0 saturated carbocycles. The molecule has 0 N–H and O–H groups in total. The number of hydrogen-bond donors (Lipinski definition) is 0. The van der Waals surface area contributed by atoms with Gasteiger partial charge in [0.15, 0.2) is 0 Å². The monoisotopic (exact) mass is 315 g/mol. The lowest BCUT2D eigenvalue weighted by atomic mass is 9.83. The van der Waals surface area contributed by atoms with Crippen molar-refractivity contribution in [2.45, 2.75) is 31.3 Å². The zero-order valence-corrected chi connectivity index (χ0v) is 13.1. The zero-order chi connectivity index (χ0) is 15.0. The number of nitrogens with zero attached hydrogens (tertiary/aromatic N) is 3. The molecule has 4 rings (SSSR count). The van der Waals surface area contributed by atoms with Crippen molar-refractivity contribution in [3.63, 3.8) is 0 Å². The van der Waals surface area contributed by atoms with Crippen LogP contribution >= 0.6 is 11.6 Å². The van der Waals surface area contributed by atoms with Crippen molar-refractivity contribution in [1.29, 1.82) is 0 Å². The number of aromatic nitrogens is 2. The van der Waals surface area contributed by atoms with Crippen LogP contribution in [0.2, 0.25) is 5.02 Å². The number of piperidine rings is 1. The molecule has 0 radical (unpaired) electrons. The second-order valence-corrected chi connectivity index (χ2v) is 6.46. The lowest BCUT2D eigenvalue weighted by molar-refractivity contribution is 0.0225. The lowest BCUT2D eigenvalue weighted by Crippen LogP contribution is -2.50. The maximum Gasteiger partial charge on any atom is 0.147 e. The summed E-state index contributed by atoms with van der Waals surface area (Å²) in [6.45, 7) is 1.91. The van der Waals surface area contributed by atoms with Gasteiger partial charge in [0.05, 0.1) is 6.20 Å². The largest absolute Gasteiger partial charge is 0.487 e. The number of anilines is 1. The van der Waals surface area contributed by atoms with Crippen molar-refractivity contribution in [1.82, 2.24) is 9.97 Å². The normalized spacial score (nSPS) is 19.6. The SMILES string of the molecule is Clc1cccc2c1CCC1(CCN(c3cnccn3)CC1)O2. The van der Waals surface area contributed by atoms with E-state index in [2.05, 4.69) is 14.9 Å². The summed E-state index contributed by atoms with van der Waals surface area (Å²) in [7, 11) is 0. The minimum atomic E-state index is -0.0452. The highest BCUT2D eigenvalue weighted by Crippen LogP contribution is 2.41. The van der Waals surface area contributed by atoms with Gasteiger partial charge in [-0.25, -0.2) is 4.98 Å². The van der Waals surface area contributed by atoms with E-state index in [1.807, 2.05) is 24.4 Å². The smallest absolute Gasteiger partial charge is 0.147 e. The molecule has 1 fully saturated rings. The molecule has 4 nitrogen and oxygen atoms in total. The third-order valence-corrected chi connectivity index (χ3v) is 5.14. The van der Waals surface area contributed by atoms with E-state index in [1.54, 1.807) is 12.4 Å². The first-order valence-electron chi connectivity index (χ1n) is 7.73. The molecular weight excluding hydrogens is 298 g/mol. The fourth-order valence-corrected chi connectivity index (χ4v) is 3.72. The van der Waals surface area contributed by atoms with Gasteiger partial charge in [-0.15, -0.1) is 0 Å². The minimum Gasteiger partial charge on any atom is -0.487 e. The first-order chi connectivity index (χ1) is 10.8. The average Bonchev–Trinajstić information content (AvgIpc) is 2.56. The molecule has 2 aliphatic rings. The standard InChI is InChI=1S/C17H18ClN3O/c18-14-2-1-3-15-13(14)4-5-17(22-15)6-10-21(11-7-17)16-12-19-8-9-20-16/h1-3,8-9,12H,4-7,10-11H2. The van der Waals surface area contributed by atoms with Gasteiger partial charge in [0, 0.05) is 48.9 Å². The summed E-state index contributed by atoms with van der Waals surface area (Å²) in [6, 6.07) is 5.95. The van der Waals surface area contributed by atoms with E-state index >= 15 is 0 Å². The third kappa shape index (κ3) is 2.41.